The van der Waals surface area contributed by atoms with Crippen molar-refractivity contribution in [2.24, 2.45) is 5.92 Å². The van der Waals surface area contributed by atoms with E-state index in [1.807, 2.05) is 33.0 Å². The Morgan fingerprint density at radius 1 is 1.18 bits per heavy atom. The van der Waals surface area contributed by atoms with Gasteiger partial charge in [0.05, 0.1) is 29.4 Å². The number of carbonyl (C=O) groups is 2. The van der Waals surface area contributed by atoms with E-state index in [4.69, 9.17) is 9.47 Å². The highest BCUT2D eigenvalue weighted by atomic mass is 32.2. The first-order valence-electron chi connectivity index (χ1n) is 13.2. The summed E-state index contributed by atoms with van der Waals surface area (Å²) in [5.74, 6) is -0.618. The van der Waals surface area contributed by atoms with Crippen LogP contribution in [0.15, 0.2) is 35.4 Å². The lowest BCUT2D eigenvalue weighted by Crippen LogP contribution is -2.49. The van der Waals surface area contributed by atoms with E-state index in [1.165, 1.54) is 12.1 Å². The van der Waals surface area contributed by atoms with Crippen molar-refractivity contribution in [3.05, 3.63) is 53.2 Å². The first-order chi connectivity index (χ1) is 18.2. The Bertz CT molecular complexity index is 1310. The quantitative estimate of drug-likeness (QED) is 0.414. The molecule has 39 heavy (non-hydrogen) atoms. The molecule has 3 rings (SSSR count). The molecule has 11 heteroatoms. The number of benzene rings is 1. The summed E-state index contributed by atoms with van der Waals surface area (Å²) in [6.07, 6.45) is 4.04. The molecule has 214 valence electrons. The van der Waals surface area contributed by atoms with Gasteiger partial charge in [-0.3, -0.25) is 9.59 Å². The number of carbonyl (C=O) groups excluding carboxylic acids is 2. The Morgan fingerprint density at radius 3 is 2.44 bits per heavy atom. The molecular formula is C28H40N4O6S. The van der Waals surface area contributed by atoms with Crippen LogP contribution in [-0.4, -0.2) is 59.0 Å². The van der Waals surface area contributed by atoms with Crippen molar-refractivity contribution in [3.8, 4) is 0 Å². The molecule has 1 N–H and O–H groups in total. The summed E-state index contributed by atoms with van der Waals surface area (Å²) >= 11 is 0. The molecule has 0 saturated heterocycles. The first kappa shape index (κ1) is 30.4. The molecule has 0 saturated carbocycles. The Balaban J connectivity index is 1.95. The molecule has 0 fully saturated rings. The minimum absolute atomic E-state index is 0.0265. The van der Waals surface area contributed by atoms with Crippen LogP contribution in [-0.2, 0) is 42.2 Å². The van der Waals surface area contributed by atoms with E-state index in [1.54, 1.807) is 39.8 Å². The molecule has 2 heterocycles. The van der Waals surface area contributed by atoms with Crippen LogP contribution >= 0.6 is 0 Å². The van der Waals surface area contributed by atoms with Crippen molar-refractivity contribution in [1.29, 1.82) is 0 Å². The molecule has 1 aromatic carbocycles. The van der Waals surface area contributed by atoms with Crippen LogP contribution in [0.5, 0.6) is 0 Å². The molecule has 1 aliphatic rings. The number of nitrogens with one attached hydrogen (secondary N) is 1. The highest BCUT2D eigenvalue weighted by Crippen LogP contribution is 2.25. The molecule has 10 nitrogen and oxygen atoms in total. The first-order valence-corrected chi connectivity index (χ1v) is 14.6. The van der Waals surface area contributed by atoms with Crippen LogP contribution in [0.1, 0.15) is 70.7 Å². The van der Waals surface area contributed by atoms with Gasteiger partial charge in [-0.1, -0.05) is 26.0 Å². The molecule has 0 bridgehead atoms. The highest BCUT2D eigenvalue weighted by Gasteiger charge is 2.39. The maximum absolute atomic E-state index is 13.9. The van der Waals surface area contributed by atoms with Gasteiger partial charge in [-0.15, -0.1) is 0 Å². The fourth-order valence-electron chi connectivity index (χ4n) is 4.42. The third-order valence-corrected chi connectivity index (χ3v) is 7.95. The fourth-order valence-corrected chi connectivity index (χ4v) is 5.95. The Hall–Kier alpha value is -3.18. The Kier molecular flexibility index (Phi) is 9.60. The summed E-state index contributed by atoms with van der Waals surface area (Å²) in [7, 11) is -4.27. The zero-order valence-corrected chi connectivity index (χ0v) is 24.7. The van der Waals surface area contributed by atoms with Crippen molar-refractivity contribution < 1.29 is 27.5 Å². The van der Waals surface area contributed by atoms with Crippen molar-refractivity contribution in [2.75, 3.05) is 13.2 Å². The molecule has 0 aliphatic carbocycles. The van der Waals surface area contributed by atoms with Crippen molar-refractivity contribution in [2.45, 2.75) is 84.5 Å². The number of rotatable bonds is 11. The van der Waals surface area contributed by atoms with E-state index in [-0.39, 0.29) is 23.8 Å². The summed E-state index contributed by atoms with van der Waals surface area (Å²) in [5, 5.41) is 3.15. The van der Waals surface area contributed by atoms with Crippen LogP contribution in [0.3, 0.4) is 0 Å². The van der Waals surface area contributed by atoms with Crippen LogP contribution in [0.4, 0.5) is 0 Å². The molecule has 0 radical (unpaired) electrons. The summed E-state index contributed by atoms with van der Waals surface area (Å²) < 4.78 is 41.5. The topological polar surface area (TPSA) is 120 Å². The number of nitrogens with zero attached hydrogens (tertiary/aromatic N) is 3. The predicted molar refractivity (Wildman–Crippen MR) is 148 cm³/mol. The standard InChI is InChI=1S/C28H40N4O6S/c1-8-37-27(34)25(15-19(2)3)32(18-26(33)38-28(5,6)7)39(35,36)22-11-9-21(10-12-22)17-31-20(4)30-23-16-29-14-13-24(23)31/h9-14,19,25,29H,8,15-18H2,1-7H3/t25-/m0/s1. The van der Waals surface area contributed by atoms with E-state index in [0.717, 1.165) is 27.1 Å². The van der Waals surface area contributed by atoms with Gasteiger partial charge < -0.3 is 19.4 Å². The number of aryl methyl sites for hydroxylation is 1. The molecule has 1 aromatic heterocycles. The van der Waals surface area contributed by atoms with Gasteiger partial charge in [0.2, 0.25) is 10.0 Å². The van der Waals surface area contributed by atoms with Crippen molar-refractivity contribution >= 4 is 28.0 Å². The predicted octanol–water partition coefficient (Wildman–Crippen LogP) is 3.62. The highest BCUT2D eigenvalue weighted by molar-refractivity contribution is 7.89. The Morgan fingerprint density at radius 2 is 1.85 bits per heavy atom. The summed E-state index contributed by atoms with van der Waals surface area (Å²) in [6, 6.07) is 5.29. The Labute approximate surface area is 231 Å². The number of imidazole rings is 1. The third-order valence-electron chi connectivity index (χ3n) is 6.08. The van der Waals surface area contributed by atoms with E-state index in [2.05, 4.69) is 14.9 Å². The molecule has 0 amide bonds. The van der Waals surface area contributed by atoms with Gasteiger partial charge >= 0.3 is 11.9 Å². The smallest absolute Gasteiger partial charge is 0.324 e. The van der Waals surface area contributed by atoms with Crippen LogP contribution in [0.2, 0.25) is 0 Å². The minimum Gasteiger partial charge on any atom is -0.465 e. The third kappa shape index (κ3) is 7.69. The second-order valence-electron chi connectivity index (χ2n) is 11.0. The van der Waals surface area contributed by atoms with Crippen molar-refractivity contribution in [1.82, 2.24) is 19.2 Å². The molecule has 0 spiro atoms. The van der Waals surface area contributed by atoms with E-state index < -0.39 is 40.1 Å². The lowest BCUT2D eigenvalue weighted by molar-refractivity contribution is -0.157. The summed E-state index contributed by atoms with van der Waals surface area (Å²) in [4.78, 5) is 30.3. The average Bonchev–Trinajstić information content (AvgIpc) is 3.15. The van der Waals surface area contributed by atoms with Gasteiger partial charge in [-0.25, -0.2) is 13.4 Å². The number of aromatic nitrogens is 2. The normalized spacial score (nSPS) is 14.2. The number of hydrogen-bond acceptors (Lipinski definition) is 8. The SMILES string of the molecule is CCOC(=O)[C@H](CC(C)C)N(CC(=O)OC(C)(C)C)S(=O)(=O)c1ccc(Cn2c(C)nc3c2C=CNC3)cc1. The lowest BCUT2D eigenvalue weighted by atomic mass is 10.0. The van der Waals surface area contributed by atoms with Crippen LogP contribution < -0.4 is 5.32 Å². The zero-order chi connectivity index (χ0) is 29.0. The molecule has 0 unspecified atom stereocenters. The number of hydrogen-bond donors (Lipinski definition) is 1. The maximum atomic E-state index is 13.9. The van der Waals surface area contributed by atoms with Gasteiger partial charge in [0, 0.05) is 6.54 Å². The lowest BCUT2D eigenvalue weighted by Gasteiger charge is -2.31. The van der Waals surface area contributed by atoms with E-state index in [9.17, 15) is 18.0 Å². The van der Waals surface area contributed by atoms with Crippen LogP contribution in [0, 0.1) is 12.8 Å². The second-order valence-corrected chi connectivity index (χ2v) is 12.9. The fraction of sp³-hybridized carbons (Fsp3) is 0.536. The van der Waals surface area contributed by atoms with Gasteiger partial charge in [-0.05, 0) is 76.9 Å². The number of sulfonamides is 1. The summed E-state index contributed by atoms with van der Waals surface area (Å²) in [6.45, 7) is 13.1. The number of ether oxygens (including phenoxy) is 2. The van der Waals surface area contributed by atoms with Gasteiger partial charge in [-0.2, -0.15) is 4.31 Å². The van der Waals surface area contributed by atoms with E-state index >= 15 is 0 Å². The van der Waals surface area contributed by atoms with Crippen molar-refractivity contribution in [3.63, 3.8) is 0 Å². The minimum atomic E-state index is -4.27. The molecule has 1 atom stereocenters. The average molecular weight is 561 g/mol. The molecule has 1 aliphatic heterocycles. The van der Waals surface area contributed by atoms with Gasteiger partial charge in [0.1, 0.15) is 24.0 Å². The number of fused-ring (bicyclic) bond motifs is 1. The monoisotopic (exact) mass is 560 g/mol. The van der Waals surface area contributed by atoms with Gasteiger partial charge in [0.25, 0.3) is 0 Å². The molecule has 2 aromatic rings. The van der Waals surface area contributed by atoms with Crippen LogP contribution in [0.25, 0.3) is 6.08 Å². The summed E-state index contributed by atoms with van der Waals surface area (Å²) in [5.41, 5.74) is 2.04. The van der Waals surface area contributed by atoms with E-state index in [0.29, 0.717) is 13.1 Å². The van der Waals surface area contributed by atoms with Gasteiger partial charge in [0.15, 0.2) is 0 Å². The maximum Gasteiger partial charge on any atom is 0.324 e. The molecular weight excluding hydrogens is 520 g/mol. The second kappa shape index (κ2) is 12.3. The number of esters is 2. The largest absolute Gasteiger partial charge is 0.465 e. The zero-order valence-electron chi connectivity index (χ0n) is 23.9.